The van der Waals surface area contributed by atoms with Crippen LogP contribution in [0.15, 0.2) is 60.7 Å². The van der Waals surface area contributed by atoms with Crippen LogP contribution >= 0.6 is 0 Å². The van der Waals surface area contributed by atoms with E-state index >= 15 is 0 Å². The summed E-state index contributed by atoms with van der Waals surface area (Å²) in [7, 11) is 1.71. The Hall–Kier alpha value is -2.61. The molecule has 3 unspecified atom stereocenters. The Bertz CT molecular complexity index is 1000. The highest BCUT2D eigenvalue weighted by atomic mass is 16.5. The van der Waals surface area contributed by atoms with Gasteiger partial charge in [-0.05, 0) is 65.1 Å². The van der Waals surface area contributed by atoms with Crippen molar-refractivity contribution in [3.8, 4) is 5.75 Å². The summed E-state index contributed by atoms with van der Waals surface area (Å²) < 4.78 is 5.36. The Kier molecular flexibility index (Phi) is 6.42. The normalized spacial score (nSPS) is 18.7. The molecule has 152 valence electrons. The van der Waals surface area contributed by atoms with Gasteiger partial charge in [0.05, 0.1) is 7.11 Å². The molecule has 0 aromatic heterocycles. The van der Waals surface area contributed by atoms with Gasteiger partial charge < -0.3 is 4.74 Å². The molecule has 29 heavy (non-hydrogen) atoms. The number of ketones is 1. The van der Waals surface area contributed by atoms with E-state index in [1.165, 1.54) is 28.3 Å². The van der Waals surface area contributed by atoms with Crippen molar-refractivity contribution in [2.45, 2.75) is 52.4 Å². The summed E-state index contributed by atoms with van der Waals surface area (Å²) in [5.74, 6) is 2.51. The SMILES string of the molecule is C.COc1ccc(C2CC2CCC(=O)C(C)c2ccc3ccccc3c2)cc1C. The van der Waals surface area contributed by atoms with Gasteiger partial charge >= 0.3 is 0 Å². The van der Waals surface area contributed by atoms with Crippen LogP contribution in [0.5, 0.6) is 5.75 Å². The molecular formula is C27H32O2. The first-order valence-corrected chi connectivity index (χ1v) is 10.2. The molecule has 0 saturated heterocycles. The van der Waals surface area contributed by atoms with Gasteiger partial charge in [-0.2, -0.15) is 0 Å². The van der Waals surface area contributed by atoms with Crippen LogP contribution < -0.4 is 4.74 Å². The summed E-state index contributed by atoms with van der Waals surface area (Å²) in [6.45, 7) is 4.14. The quantitative estimate of drug-likeness (QED) is 0.433. The number of carbonyl (C=O) groups excluding carboxylic acids is 1. The molecule has 4 rings (SSSR count). The first-order valence-electron chi connectivity index (χ1n) is 10.2. The molecule has 0 amide bonds. The molecule has 0 bridgehead atoms. The van der Waals surface area contributed by atoms with E-state index in [1.54, 1.807) is 7.11 Å². The molecule has 3 aromatic rings. The lowest BCUT2D eigenvalue weighted by Gasteiger charge is -2.12. The fourth-order valence-corrected chi connectivity index (χ4v) is 4.31. The van der Waals surface area contributed by atoms with Gasteiger partial charge in [-0.1, -0.05) is 68.9 Å². The summed E-state index contributed by atoms with van der Waals surface area (Å²) in [6.07, 6.45) is 2.86. The van der Waals surface area contributed by atoms with Gasteiger partial charge in [0, 0.05) is 12.3 Å². The second-order valence-electron chi connectivity index (χ2n) is 8.16. The van der Waals surface area contributed by atoms with E-state index in [2.05, 4.69) is 55.5 Å². The third-order valence-electron chi connectivity index (χ3n) is 6.29. The zero-order valence-electron chi connectivity index (χ0n) is 16.9. The molecule has 0 radical (unpaired) electrons. The van der Waals surface area contributed by atoms with Gasteiger partial charge in [-0.25, -0.2) is 0 Å². The number of rotatable bonds is 7. The van der Waals surface area contributed by atoms with E-state index in [0.29, 0.717) is 24.0 Å². The standard InChI is InChI=1S/C26H28O2.CH4/c1-17-14-22(11-13-26(17)28-3)24-16-23(24)10-12-25(27)18(2)20-9-8-19-6-4-5-7-21(19)15-20;/h4-9,11,13-15,18,23-24H,10,12,16H2,1-3H3;1H4. The van der Waals surface area contributed by atoms with Crippen molar-refractivity contribution in [2.75, 3.05) is 7.11 Å². The number of methoxy groups -OCH3 is 1. The number of aryl methyl sites for hydroxylation is 1. The molecule has 1 fully saturated rings. The number of ether oxygens (including phenoxy) is 1. The van der Waals surface area contributed by atoms with Crippen molar-refractivity contribution < 1.29 is 9.53 Å². The van der Waals surface area contributed by atoms with Crippen molar-refractivity contribution in [3.63, 3.8) is 0 Å². The summed E-state index contributed by atoms with van der Waals surface area (Å²) in [4.78, 5) is 12.8. The minimum absolute atomic E-state index is 0. The first-order chi connectivity index (χ1) is 13.6. The van der Waals surface area contributed by atoms with Crippen molar-refractivity contribution in [1.29, 1.82) is 0 Å². The average Bonchev–Trinajstić information content (AvgIpc) is 3.50. The zero-order valence-corrected chi connectivity index (χ0v) is 16.9. The van der Waals surface area contributed by atoms with E-state index in [9.17, 15) is 4.79 Å². The molecule has 1 aliphatic carbocycles. The van der Waals surface area contributed by atoms with Crippen LogP contribution in [0.1, 0.15) is 62.1 Å². The van der Waals surface area contributed by atoms with Crippen LogP contribution in [0.2, 0.25) is 0 Å². The second kappa shape index (κ2) is 8.82. The smallest absolute Gasteiger partial charge is 0.140 e. The van der Waals surface area contributed by atoms with E-state index in [1.807, 2.05) is 19.1 Å². The maximum Gasteiger partial charge on any atom is 0.140 e. The Morgan fingerprint density at radius 1 is 1.07 bits per heavy atom. The topological polar surface area (TPSA) is 26.3 Å². The van der Waals surface area contributed by atoms with Crippen molar-refractivity contribution in [3.05, 3.63) is 77.4 Å². The molecule has 3 atom stereocenters. The van der Waals surface area contributed by atoms with Gasteiger partial charge in [0.15, 0.2) is 0 Å². The molecule has 2 nitrogen and oxygen atoms in total. The molecule has 0 N–H and O–H groups in total. The lowest BCUT2D eigenvalue weighted by atomic mass is 9.91. The zero-order chi connectivity index (χ0) is 19.7. The third-order valence-corrected chi connectivity index (χ3v) is 6.29. The molecule has 0 aliphatic heterocycles. The molecule has 1 aliphatic rings. The van der Waals surface area contributed by atoms with Crippen LogP contribution in [-0.2, 0) is 4.79 Å². The van der Waals surface area contributed by atoms with Crippen LogP contribution in [0.25, 0.3) is 10.8 Å². The van der Waals surface area contributed by atoms with Crippen molar-refractivity contribution in [1.82, 2.24) is 0 Å². The molecule has 0 heterocycles. The number of benzene rings is 3. The number of carbonyl (C=O) groups is 1. The Morgan fingerprint density at radius 3 is 2.55 bits per heavy atom. The summed E-state index contributed by atoms with van der Waals surface area (Å²) >= 11 is 0. The lowest BCUT2D eigenvalue weighted by Crippen LogP contribution is -2.09. The molecule has 2 heteroatoms. The number of hydrogen-bond acceptors (Lipinski definition) is 2. The van der Waals surface area contributed by atoms with Crippen LogP contribution in [-0.4, -0.2) is 12.9 Å². The average molecular weight is 389 g/mol. The van der Waals surface area contributed by atoms with Gasteiger partial charge in [0.25, 0.3) is 0 Å². The highest BCUT2D eigenvalue weighted by Crippen LogP contribution is 2.50. The summed E-state index contributed by atoms with van der Waals surface area (Å²) in [5.41, 5.74) is 3.70. The lowest BCUT2D eigenvalue weighted by molar-refractivity contribution is -0.120. The van der Waals surface area contributed by atoms with Crippen LogP contribution in [0, 0.1) is 12.8 Å². The van der Waals surface area contributed by atoms with Crippen LogP contribution in [0.4, 0.5) is 0 Å². The maximum atomic E-state index is 12.8. The van der Waals surface area contributed by atoms with E-state index in [4.69, 9.17) is 4.74 Å². The van der Waals surface area contributed by atoms with E-state index < -0.39 is 0 Å². The molecular weight excluding hydrogens is 356 g/mol. The minimum Gasteiger partial charge on any atom is -0.496 e. The van der Waals surface area contributed by atoms with E-state index in [0.717, 1.165) is 17.7 Å². The monoisotopic (exact) mass is 388 g/mol. The fraction of sp³-hybridized carbons (Fsp3) is 0.370. The Labute approximate surface area is 174 Å². The number of fused-ring (bicyclic) bond motifs is 1. The van der Waals surface area contributed by atoms with Gasteiger partial charge in [0.1, 0.15) is 11.5 Å². The first kappa shape index (κ1) is 21.1. The maximum absolute atomic E-state index is 12.8. The summed E-state index contributed by atoms with van der Waals surface area (Å²) in [5, 5.41) is 2.43. The molecule has 1 saturated carbocycles. The van der Waals surface area contributed by atoms with E-state index in [-0.39, 0.29) is 13.3 Å². The predicted molar refractivity (Wildman–Crippen MR) is 122 cm³/mol. The minimum atomic E-state index is -0.0370. The van der Waals surface area contributed by atoms with Gasteiger partial charge in [-0.3, -0.25) is 4.79 Å². The predicted octanol–water partition coefficient (Wildman–Crippen LogP) is 7.05. The highest BCUT2D eigenvalue weighted by Gasteiger charge is 2.38. The van der Waals surface area contributed by atoms with Crippen LogP contribution in [0.3, 0.4) is 0 Å². The Balaban J connectivity index is 0.00000240. The van der Waals surface area contributed by atoms with Gasteiger partial charge in [0.2, 0.25) is 0 Å². The number of hydrogen-bond donors (Lipinski definition) is 0. The fourth-order valence-electron chi connectivity index (χ4n) is 4.31. The number of Topliss-reactive ketones (excluding diaryl/α,β-unsaturated/α-hetero) is 1. The molecule has 3 aromatic carbocycles. The largest absolute Gasteiger partial charge is 0.496 e. The van der Waals surface area contributed by atoms with Gasteiger partial charge in [-0.15, -0.1) is 0 Å². The molecule has 0 spiro atoms. The summed E-state index contributed by atoms with van der Waals surface area (Å²) in [6, 6.07) is 21.2. The second-order valence-corrected chi connectivity index (χ2v) is 8.16. The van der Waals surface area contributed by atoms with Crippen molar-refractivity contribution in [2.24, 2.45) is 5.92 Å². The van der Waals surface area contributed by atoms with Crippen molar-refractivity contribution >= 4 is 16.6 Å². The highest BCUT2D eigenvalue weighted by molar-refractivity contribution is 5.88. The third kappa shape index (κ3) is 4.53. The Morgan fingerprint density at radius 2 is 1.83 bits per heavy atom.